The Bertz CT molecular complexity index is 431. The van der Waals surface area contributed by atoms with Crippen molar-refractivity contribution in [3.05, 3.63) is 22.7 Å². The molecule has 1 rings (SSSR count). The molecule has 1 heterocycles. The largest absolute Gasteiger partial charge is 0.382 e. The molecule has 1 aromatic heterocycles. The second kappa shape index (κ2) is 7.91. The molecule has 6 heteroatoms. The number of aromatic nitrogens is 2. The van der Waals surface area contributed by atoms with Crippen LogP contribution in [0.3, 0.4) is 0 Å². The highest BCUT2D eigenvalue weighted by atomic mass is 16.5. The van der Waals surface area contributed by atoms with Gasteiger partial charge in [0.1, 0.15) is 0 Å². The van der Waals surface area contributed by atoms with Crippen LogP contribution in [0.25, 0.3) is 0 Å². The van der Waals surface area contributed by atoms with Gasteiger partial charge in [-0.2, -0.15) is 0 Å². The van der Waals surface area contributed by atoms with E-state index in [4.69, 9.17) is 9.47 Å². The minimum absolute atomic E-state index is 0.107. The van der Waals surface area contributed by atoms with Gasteiger partial charge in [-0.05, 0) is 5.92 Å². The van der Waals surface area contributed by atoms with E-state index in [-0.39, 0.29) is 11.7 Å². The molecule has 0 radical (unpaired) electrons. The molecule has 0 amide bonds. The van der Waals surface area contributed by atoms with Crippen molar-refractivity contribution in [3.63, 3.8) is 0 Å². The molecule has 0 saturated heterocycles. The summed E-state index contributed by atoms with van der Waals surface area (Å²) < 4.78 is 11.9. The first kappa shape index (κ1) is 15.7. The van der Waals surface area contributed by atoms with Crippen LogP contribution < -0.4 is 10.9 Å². The van der Waals surface area contributed by atoms with Gasteiger partial charge >= 0.3 is 0 Å². The topological polar surface area (TPSA) is 65.4 Å². The number of hydrogen-bond acceptors (Lipinski definition) is 5. The van der Waals surface area contributed by atoms with E-state index in [1.54, 1.807) is 31.2 Å². The van der Waals surface area contributed by atoms with E-state index in [0.29, 0.717) is 31.4 Å². The first-order valence-corrected chi connectivity index (χ1v) is 6.39. The summed E-state index contributed by atoms with van der Waals surface area (Å²) in [5, 5.41) is 3.01. The van der Waals surface area contributed by atoms with Crippen molar-refractivity contribution >= 4 is 5.82 Å². The van der Waals surface area contributed by atoms with Crippen LogP contribution in [-0.2, 0) is 16.0 Å². The summed E-state index contributed by atoms with van der Waals surface area (Å²) in [5.74, 6) is 0.759. The van der Waals surface area contributed by atoms with Crippen LogP contribution in [0.4, 0.5) is 5.82 Å². The van der Waals surface area contributed by atoms with Gasteiger partial charge in [0, 0.05) is 39.7 Å². The standard InChI is InChI=1S/C13H23N3O3/c1-10(2)8-16-6-5-14-12(13(16)17)15-7-11(19-4)9-18-3/h5-6,10-11H,7-9H2,1-4H3,(H,14,15). The zero-order chi connectivity index (χ0) is 14.3. The Hall–Kier alpha value is -1.40. The minimum Gasteiger partial charge on any atom is -0.382 e. The SMILES string of the molecule is COCC(CNc1nccn(CC(C)C)c1=O)OC. The molecule has 0 aromatic carbocycles. The lowest BCUT2D eigenvalue weighted by Gasteiger charge is -2.16. The summed E-state index contributed by atoms with van der Waals surface area (Å²) in [6, 6.07) is 0. The van der Waals surface area contributed by atoms with E-state index in [9.17, 15) is 4.79 Å². The maximum atomic E-state index is 12.1. The molecule has 0 aliphatic carbocycles. The van der Waals surface area contributed by atoms with Crippen molar-refractivity contribution in [1.82, 2.24) is 9.55 Å². The van der Waals surface area contributed by atoms with Crippen LogP contribution in [0, 0.1) is 5.92 Å². The Morgan fingerprint density at radius 1 is 1.42 bits per heavy atom. The third-order valence-corrected chi connectivity index (χ3v) is 2.66. The van der Waals surface area contributed by atoms with Gasteiger partial charge in [-0.15, -0.1) is 0 Å². The quantitative estimate of drug-likeness (QED) is 0.762. The fourth-order valence-electron chi connectivity index (χ4n) is 1.71. The van der Waals surface area contributed by atoms with E-state index >= 15 is 0 Å². The Morgan fingerprint density at radius 3 is 2.74 bits per heavy atom. The number of anilines is 1. The number of hydrogen-bond donors (Lipinski definition) is 1. The molecule has 0 aliphatic rings. The fourth-order valence-corrected chi connectivity index (χ4v) is 1.71. The van der Waals surface area contributed by atoms with Crippen LogP contribution in [0.2, 0.25) is 0 Å². The van der Waals surface area contributed by atoms with Gasteiger partial charge in [-0.3, -0.25) is 4.79 Å². The van der Waals surface area contributed by atoms with Gasteiger partial charge in [0.25, 0.3) is 5.56 Å². The number of rotatable bonds is 8. The average Bonchev–Trinajstić information content (AvgIpc) is 2.37. The summed E-state index contributed by atoms with van der Waals surface area (Å²) in [5.41, 5.74) is -0.108. The van der Waals surface area contributed by atoms with Gasteiger partial charge < -0.3 is 19.4 Å². The van der Waals surface area contributed by atoms with E-state index in [1.165, 1.54) is 0 Å². The number of nitrogens with zero attached hydrogens (tertiary/aromatic N) is 2. The van der Waals surface area contributed by atoms with Crippen LogP contribution in [0.1, 0.15) is 13.8 Å². The molecule has 0 bridgehead atoms. The lowest BCUT2D eigenvalue weighted by molar-refractivity contribution is 0.0365. The number of methoxy groups -OCH3 is 2. The second-order valence-corrected chi connectivity index (χ2v) is 4.82. The number of ether oxygens (including phenoxy) is 2. The van der Waals surface area contributed by atoms with Crippen molar-refractivity contribution in [1.29, 1.82) is 0 Å². The highest BCUT2D eigenvalue weighted by molar-refractivity contribution is 5.30. The van der Waals surface area contributed by atoms with E-state index < -0.39 is 0 Å². The smallest absolute Gasteiger partial charge is 0.293 e. The molecule has 0 fully saturated rings. The van der Waals surface area contributed by atoms with Crippen molar-refractivity contribution < 1.29 is 9.47 Å². The summed E-state index contributed by atoms with van der Waals surface area (Å²) in [7, 11) is 3.23. The minimum atomic E-state index is -0.108. The zero-order valence-electron chi connectivity index (χ0n) is 12.0. The lowest BCUT2D eigenvalue weighted by atomic mass is 10.2. The third kappa shape index (κ3) is 5.00. The Kier molecular flexibility index (Phi) is 6.52. The summed E-state index contributed by atoms with van der Waals surface area (Å²) in [6.07, 6.45) is 3.23. The Labute approximate surface area is 113 Å². The average molecular weight is 269 g/mol. The van der Waals surface area contributed by atoms with Crippen molar-refractivity contribution in [2.75, 3.05) is 32.7 Å². The molecule has 1 aromatic rings. The van der Waals surface area contributed by atoms with Crippen LogP contribution in [-0.4, -0.2) is 43.0 Å². The summed E-state index contributed by atoms with van der Waals surface area (Å²) >= 11 is 0. The predicted octanol–water partition coefficient (Wildman–Crippen LogP) is 0.973. The van der Waals surface area contributed by atoms with E-state index in [0.717, 1.165) is 0 Å². The molecule has 0 spiro atoms. The van der Waals surface area contributed by atoms with Gasteiger partial charge in [0.15, 0.2) is 5.82 Å². The summed E-state index contributed by atoms with van der Waals surface area (Å²) in [6.45, 7) is 5.77. The molecule has 1 N–H and O–H groups in total. The normalized spacial score (nSPS) is 12.7. The fraction of sp³-hybridized carbons (Fsp3) is 0.692. The summed E-state index contributed by atoms with van der Waals surface area (Å²) in [4.78, 5) is 16.2. The van der Waals surface area contributed by atoms with Crippen molar-refractivity contribution in [2.24, 2.45) is 5.92 Å². The molecule has 6 nitrogen and oxygen atoms in total. The maximum Gasteiger partial charge on any atom is 0.293 e. The van der Waals surface area contributed by atoms with Gasteiger partial charge in [0.2, 0.25) is 0 Å². The van der Waals surface area contributed by atoms with Gasteiger partial charge in [-0.25, -0.2) is 4.98 Å². The van der Waals surface area contributed by atoms with E-state index in [2.05, 4.69) is 24.1 Å². The maximum absolute atomic E-state index is 12.1. The van der Waals surface area contributed by atoms with Crippen molar-refractivity contribution in [3.8, 4) is 0 Å². The first-order chi connectivity index (χ1) is 9.08. The molecule has 0 saturated carbocycles. The van der Waals surface area contributed by atoms with Gasteiger partial charge in [-0.1, -0.05) is 13.8 Å². The monoisotopic (exact) mass is 269 g/mol. The lowest BCUT2D eigenvalue weighted by Crippen LogP contribution is -2.31. The number of nitrogens with one attached hydrogen (secondary N) is 1. The van der Waals surface area contributed by atoms with Gasteiger partial charge in [0.05, 0.1) is 12.7 Å². The highest BCUT2D eigenvalue weighted by Gasteiger charge is 2.10. The van der Waals surface area contributed by atoms with Crippen LogP contribution in [0.15, 0.2) is 17.2 Å². The van der Waals surface area contributed by atoms with Crippen molar-refractivity contribution in [2.45, 2.75) is 26.5 Å². The molecule has 0 aliphatic heterocycles. The van der Waals surface area contributed by atoms with E-state index in [1.807, 2.05) is 0 Å². The third-order valence-electron chi connectivity index (χ3n) is 2.66. The molecule has 108 valence electrons. The zero-order valence-corrected chi connectivity index (χ0v) is 12.0. The molecule has 1 atom stereocenters. The van der Waals surface area contributed by atoms with Crippen LogP contribution in [0.5, 0.6) is 0 Å². The highest BCUT2D eigenvalue weighted by Crippen LogP contribution is 2.00. The second-order valence-electron chi connectivity index (χ2n) is 4.82. The molecular formula is C13H23N3O3. The Morgan fingerprint density at radius 2 is 2.16 bits per heavy atom. The molecular weight excluding hydrogens is 246 g/mol. The Balaban J connectivity index is 2.71. The molecule has 19 heavy (non-hydrogen) atoms. The first-order valence-electron chi connectivity index (χ1n) is 6.39. The molecule has 1 unspecified atom stereocenters. The van der Waals surface area contributed by atoms with Crippen LogP contribution >= 0.6 is 0 Å². The predicted molar refractivity (Wildman–Crippen MR) is 74.5 cm³/mol.